The first-order chi connectivity index (χ1) is 12.6. The van der Waals surface area contributed by atoms with Crippen molar-refractivity contribution < 1.29 is 13.2 Å². The van der Waals surface area contributed by atoms with Crippen LogP contribution in [0.2, 0.25) is 0 Å². The Kier molecular flexibility index (Phi) is 4.44. The molecule has 1 N–H and O–H groups in total. The second-order valence-corrected chi connectivity index (χ2v) is 8.80. The molecular weight excluding hydrogens is 348 g/mol. The molecule has 1 heterocycles. The summed E-state index contributed by atoms with van der Waals surface area (Å²) in [4.78, 5) is 12.8. The molecule has 1 fully saturated rings. The summed E-state index contributed by atoms with van der Waals surface area (Å²) in [5, 5.41) is 3.06. The first kappa shape index (κ1) is 17.1. The third-order valence-corrected chi connectivity index (χ3v) is 7.05. The van der Waals surface area contributed by atoms with Gasteiger partial charge in [0.15, 0.2) is 0 Å². The van der Waals surface area contributed by atoms with E-state index in [2.05, 4.69) is 5.32 Å². The molecule has 0 spiro atoms. The number of hydrogen-bond donors (Lipinski definition) is 1. The summed E-state index contributed by atoms with van der Waals surface area (Å²) in [5.74, 6) is -0.122. The highest BCUT2D eigenvalue weighted by atomic mass is 32.2. The van der Waals surface area contributed by atoms with E-state index in [4.69, 9.17) is 0 Å². The number of anilines is 1. The number of sulfonamides is 1. The van der Waals surface area contributed by atoms with Crippen molar-refractivity contribution in [2.45, 2.75) is 43.0 Å². The Morgan fingerprint density at radius 2 is 1.77 bits per heavy atom. The van der Waals surface area contributed by atoms with Gasteiger partial charge in [0.1, 0.15) is 0 Å². The Morgan fingerprint density at radius 1 is 1.04 bits per heavy atom. The smallest absolute Gasteiger partial charge is 0.264 e. The molecule has 0 unspecified atom stereocenters. The summed E-state index contributed by atoms with van der Waals surface area (Å²) in [6.45, 7) is 0.403. The van der Waals surface area contributed by atoms with Crippen LogP contribution in [0.5, 0.6) is 0 Å². The molecule has 0 saturated heterocycles. The van der Waals surface area contributed by atoms with Gasteiger partial charge in [-0.15, -0.1) is 0 Å². The predicted octanol–water partition coefficient (Wildman–Crippen LogP) is 3.11. The number of nitrogens with zero attached hydrogens (tertiary/aromatic N) is 1. The fourth-order valence-electron chi connectivity index (χ4n) is 3.80. The molecule has 0 bridgehead atoms. The third kappa shape index (κ3) is 3.09. The lowest BCUT2D eigenvalue weighted by atomic mass is 10.1. The second-order valence-electron chi connectivity index (χ2n) is 6.94. The SMILES string of the molecule is O=C(NC1CCCC1)c1ccc2c(c1)N(S(=O)(=O)c1ccccc1)CC2. The Balaban J connectivity index is 1.63. The Morgan fingerprint density at radius 3 is 2.50 bits per heavy atom. The van der Waals surface area contributed by atoms with Crippen molar-refractivity contribution >= 4 is 21.6 Å². The number of hydrogen-bond acceptors (Lipinski definition) is 3. The van der Waals surface area contributed by atoms with E-state index in [1.165, 1.54) is 4.31 Å². The number of carbonyl (C=O) groups is 1. The van der Waals surface area contributed by atoms with Gasteiger partial charge in [0.05, 0.1) is 10.6 Å². The summed E-state index contributed by atoms with van der Waals surface area (Å²) < 4.78 is 27.4. The molecule has 1 saturated carbocycles. The van der Waals surface area contributed by atoms with Crippen LogP contribution in [0.15, 0.2) is 53.4 Å². The maximum absolute atomic E-state index is 13.0. The number of nitrogens with one attached hydrogen (secondary N) is 1. The normalized spacial score (nSPS) is 17.3. The zero-order valence-electron chi connectivity index (χ0n) is 14.5. The van der Waals surface area contributed by atoms with E-state index in [-0.39, 0.29) is 16.8 Å². The van der Waals surface area contributed by atoms with Crippen molar-refractivity contribution in [2.75, 3.05) is 10.8 Å². The largest absolute Gasteiger partial charge is 0.349 e. The minimum atomic E-state index is -3.62. The van der Waals surface area contributed by atoms with Crippen LogP contribution in [0.25, 0.3) is 0 Å². The maximum atomic E-state index is 13.0. The van der Waals surface area contributed by atoms with Crippen molar-refractivity contribution in [1.29, 1.82) is 0 Å². The average molecular weight is 370 g/mol. The molecular formula is C20H22N2O3S. The maximum Gasteiger partial charge on any atom is 0.264 e. The van der Waals surface area contributed by atoms with Crippen molar-refractivity contribution in [2.24, 2.45) is 0 Å². The molecule has 1 amide bonds. The standard InChI is InChI=1S/C20H22N2O3S/c23-20(21-17-6-4-5-7-17)16-11-10-15-12-13-22(19(15)14-16)26(24,25)18-8-2-1-3-9-18/h1-3,8-11,14,17H,4-7,12-13H2,(H,21,23). The van der Waals surface area contributed by atoms with Gasteiger partial charge in [-0.3, -0.25) is 9.10 Å². The van der Waals surface area contributed by atoms with Crippen LogP contribution < -0.4 is 9.62 Å². The number of fused-ring (bicyclic) bond motifs is 1. The van der Waals surface area contributed by atoms with Crippen LogP contribution in [0, 0.1) is 0 Å². The van der Waals surface area contributed by atoms with Gasteiger partial charge >= 0.3 is 0 Å². The van der Waals surface area contributed by atoms with E-state index >= 15 is 0 Å². The van der Waals surface area contributed by atoms with Gasteiger partial charge in [0.2, 0.25) is 0 Å². The summed E-state index contributed by atoms with van der Waals surface area (Å²) in [7, 11) is -3.62. The lowest BCUT2D eigenvalue weighted by Gasteiger charge is -2.20. The average Bonchev–Trinajstić information content (AvgIpc) is 3.31. The van der Waals surface area contributed by atoms with Crippen molar-refractivity contribution in [3.05, 3.63) is 59.7 Å². The first-order valence-corrected chi connectivity index (χ1v) is 10.5. The molecule has 1 aliphatic carbocycles. The molecule has 1 aliphatic heterocycles. The molecule has 4 rings (SSSR count). The lowest BCUT2D eigenvalue weighted by Crippen LogP contribution is -2.33. The highest BCUT2D eigenvalue weighted by molar-refractivity contribution is 7.92. The zero-order valence-corrected chi connectivity index (χ0v) is 15.3. The predicted molar refractivity (Wildman–Crippen MR) is 101 cm³/mol. The fourth-order valence-corrected chi connectivity index (χ4v) is 5.32. The third-order valence-electron chi connectivity index (χ3n) is 5.22. The molecule has 0 radical (unpaired) electrons. The minimum Gasteiger partial charge on any atom is -0.349 e. The van der Waals surface area contributed by atoms with E-state index in [9.17, 15) is 13.2 Å². The quantitative estimate of drug-likeness (QED) is 0.899. The van der Waals surface area contributed by atoms with Gasteiger partial charge in [-0.1, -0.05) is 37.1 Å². The molecule has 5 nitrogen and oxygen atoms in total. The summed E-state index contributed by atoms with van der Waals surface area (Å²) in [6, 6.07) is 14.1. The lowest BCUT2D eigenvalue weighted by molar-refractivity contribution is 0.0938. The zero-order chi connectivity index (χ0) is 18.1. The molecule has 0 aromatic heterocycles. The van der Waals surface area contributed by atoms with Gasteiger partial charge in [-0.25, -0.2) is 8.42 Å². The highest BCUT2D eigenvalue weighted by Gasteiger charge is 2.31. The van der Waals surface area contributed by atoms with Crippen molar-refractivity contribution in [1.82, 2.24) is 5.32 Å². The van der Waals surface area contributed by atoms with E-state index in [1.54, 1.807) is 42.5 Å². The Labute approximate surface area is 154 Å². The number of rotatable bonds is 4. The van der Waals surface area contributed by atoms with Crippen molar-refractivity contribution in [3.63, 3.8) is 0 Å². The van der Waals surface area contributed by atoms with E-state index in [1.807, 2.05) is 6.07 Å². The van der Waals surface area contributed by atoms with E-state index in [0.29, 0.717) is 24.2 Å². The topological polar surface area (TPSA) is 66.5 Å². The van der Waals surface area contributed by atoms with Gasteiger partial charge in [-0.2, -0.15) is 0 Å². The fraction of sp³-hybridized carbons (Fsp3) is 0.350. The number of carbonyl (C=O) groups excluding carboxylic acids is 1. The van der Waals surface area contributed by atoms with Crippen LogP contribution in [0.4, 0.5) is 5.69 Å². The highest BCUT2D eigenvalue weighted by Crippen LogP contribution is 2.33. The van der Waals surface area contributed by atoms with E-state index in [0.717, 1.165) is 31.2 Å². The summed E-state index contributed by atoms with van der Waals surface area (Å²) >= 11 is 0. The van der Waals surface area contributed by atoms with Crippen LogP contribution in [0.1, 0.15) is 41.6 Å². The molecule has 6 heteroatoms. The monoisotopic (exact) mass is 370 g/mol. The van der Waals surface area contributed by atoms with Crippen molar-refractivity contribution in [3.8, 4) is 0 Å². The second kappa shape index (κ2) is 6.76. The summed E-state index contributed by atoms with van der Waals surface area (Å²) in [5.41, 5.74) is 2.10. The number of benzene rings is 2. The van der Waals surface area contributed by atoms with Crippen LogP contribution >= 0.6 is 0 Å². The first-order valence-electron chi connectivity index (χ1n) is 9.07. The van der Waals surface area contributed by atoms with Gasteiger partial charge < -0.3 is 5.32 Å². The Hall–Kier alpha value is -2.34. The molecule has 0 atom stereocenters. The van der Waals surface area contributed by atoms with Crippen LogP contribution in [-0.2, 0) is 16.4 Å². The molecule has 2 aliphatic rings. The summed E-state index contributed by atoms with van der Waals surface area (Å²) in [6.07, 6.45) is 5.00. The number of amides is 1. The van der Waals surface area contributed by atoms with Crippen LogP contribution in [-0.4, -0.2) is 26.9 Å². The minimum absolute atomic E-state index is 0.122. The molecule has 2 aromatic rings. The van der Waals surface area contributed by atoms with Gasteiger partial charge in [0.25, 0.3) is 15.9 Å². The van der Waals surface area contributed by atoms with Crippen LogP contribution in [0.3, 0.4) is 0 Å². The van der Waals surface area contributed by atoms with E-state index < -0.39 is 10.0 Å². The molecule has 26 heavy (non-hydrogen) atoms. The Bertz CT molecular complexity index is 919. The van der Waals surface area contributed by atoms with Gasteiger partial charge in [0, 0.05) is 18.2 Å². The molecule has 2 aromatic carbocycles. The van der Waals surface area contributed by atoms with Gasteiger partial charge in [-0.05, 0) is 49.1 Å². The molecule has 136 valence electrons.